The normalized spacial score (nSPS) is 11.5. The molecule has 22 heavy (non-hydrogen) atoms. The molecule has 0 heterocycles. The molecule has 0 aliphatic carbocycles. The van der Waals surface area contributed by atoms with Crippen LogP contribution in [0, 0.1) is 6.92 Å². The number of nitrogens with one attached hydrogen (secondary N) is 1. The maximum absolute atomic E-state index is 12.5. The highest BCUT2D eigenvalue weighted by molar-refractivity contribution is 7.92. The zero-order valence-corrected chi connectivity index (χ0v) is 13.4. The van der Waals surface area contributed by atoms with Gasteiger partial charge in [-0.3, -0.25) is 4.72 Å². The molecule has 0 radical (unpaired) electrons. The van der Waals surface area contributed by atoms with Crippen molar-refractivity contribution in [3.8, 4) is 0 Å². The smallest absolute Gasteiger partial charge is 0.261 e. The Labute approximate surface area is 134 Å². The van der Waals surface area contributed by atoms with Gasteiger partial charge in [0.2, 0.25) is 0 Å². The minimum Gasteiger partial charge on any atom is -0.279 e. The van der Waals surface area contributed by atoms with Gasteiger partial charge in [0.25, 0.3) is 10.0 Å². The van der Waals surface area contributed by atoms with Crippen LogP contribution in [-0.4, -0.2) is 8.42 Å². The minimum absolute atomic E-state index is 0.240. The summed E-state index contributed by atoms with van der Waals surface area (Å²) in [5.41, 5.74) is 1.55. The molecule has 0 atom stereocenters. The zero-order chi connectivity index (χ0) is 15.7. The number of fused-ring (bicyclic) bond motifs is 1. The Morgan fingerprint density at radius 2 is 1.68 bits per heavy atom. The van der Waals surface area contributed by atoms with Crippen molar-refractivity contribution in [3.63, 3.8) is 0 Å². The van der Waals surface area contributed by atoms with Gasteiger partial charge in [-0.05, 0) is 42.6 Å². The first-order valence-corrected chi connectivity index (χ1v) is 8.60. The number of rotatable bonds is 3. The lowest BCUT2D eigenvalue weighted by Gasteiger charge is -2.11. The highest BCUT2D eigenvalue weighted by Crippen LogP contribution is 2.28. The van der Waals surface area contributed by atoms with Crippen LogP contribution < -0.4 is 4.72 Å². The summed E-state index contributed by atoms with van der Waals surface area (Å²) in [5, 5.41) is 2.31. The van der Waals surface area contributed by atoms with E-state index >= 15 is 0 Å². The van der Waals surface area contributed by atoms with Crippen molar-refractivity contribution >= 4 is 38.1 Å². The lowest BCUT2D eigenvalue weighted by molar-refractivity contribution is 0.601. The van der Waals surface area contributed by atoms with Crippen LogP contribution in [0.25, 0.3) is 10.8 Å². The van der Waals surface area contributed by atoms with Crippen LogP contribution in [0.1, 0.15) is 5.56 Å². The van der Waals surface area contributed by atoms with E-state index in [0.29, 0.717) is 10.7 Å². The first-order chi connectivity index (χ1) is 10.5. The molecule has 3 rings (SSSR count). The Morgan fingerprint density at radius 1 is 0.955 bits per heavy atom. The van der Waals surface area contributed by atoms with Crippen LogP contribution >= 0.6 is 11.6 Å². The second-order valence-electron chi connectivity index (χ2n) is 5.09. The SMILES string of the molecule is Cc1ccc(S(=O)(=O)Nc2cccc3cc(Cl)ccc23)cc1. The van der Waals surface area contributed by atoms with Crippen molar-refractivity contribution in [2.24, 2.45) is 0 Å². The number of hydrogen-bond acceptors (Lipinski definition) is 2. The van der Waals surface area contributed by atoms with E-state index in [1.807, 2.05) is 19.1 Å². The second kappa shape index (κ2) is 5.63. The fourth-order valence-corrected chi connectivity index (χ4v) is 3.52. The Bertz CT molecular complexity index is 935. The molecule has 112 valence electrons. The molecule has 3 nitrogen and oxygen atoms in total. The van der Waals surface area contributed by atoms with E-state index in [0.717, 1.165) is 16.3 Å². The predicted octanol–water partition coefficient (Wildman–Crippen LogP) is 4.60. The van der Waals surface area contributed by atoms with Gasteiger partial charge in [-0.2, -0.15) is 0 Å². The van der Waals surface area contributed by atoms with E-state index in [2.05, 4.69) is 4.72 Å². The summed E-state index contributed by atoms with van der Waals surface area (Å²) >= 11 is 5.98. The first kappa shape index (κ1) is 14.9. The van der Waals surface area contributed by atoms with E-state index in [1.165, 1.54) is 0 Å². The predicted molar refractivity (Wildman–Crippen MR) is 90.9 cm³/mol. The maximum Gasteiger partial charge on any atom is 0.261 e. The second-order valence-corrected chi connectivity index (χ2v) is 7.21. The summed E-state index contributed by atoms with van der Waals surface area (Å²) in [7, 11) is -3.61. The Balaban J connectivity index is 2.04. The molecule has 0 amide bonds. The van der Waals surface area contributed by atoms with Crippen LogP contribution in [0.5, 0.6) is 0 Å². The van der Waals surface area contributed by atoms with Crippen LogP contribution in [0.3, 0.4) is 0 Å². The molecule has 0 saturated heterocycles. The summed E-state index contributed by atoms with van der Waals surface area (Å²) in [5.74, 6) is 0. The van der Waals surface area contributed by atoms with Gasteiger partial charge in [-0.25, -0.2) is 8.42 Å². The minimum atomic E-state index is -3.61. The summed E-state index contributed by atoms with van der Waals surface area (Å²) in [6.07, 6.45) is 0. The topological polar surface area (TPSA) is 46.2 Å². The van der Waals surface area contributed by atoms with Gasteiger partial charge in [-0.15, -0.1) is 0 Å². The molecule has 0 bridgehead atoms. The Hall–Kier alpha value is -2.04. The molecule has 3 aromatic carbocycles. The van der Waals surface area contributed by atoms with Gasteiger partial charge < -0.3 is 0 Å². The molecule has 0 fully saturated rings. The van der Waals surface area contributed by atoms with Crippen LogP contribution in [0.4, 0.5) is 5.69 Å². The van der Waals surface area contributed by atoms with Gasteiger partial charge in [-0.1, -0.05) is 47.5 Å². The van der Waals surface area contributed by atoms with Crippen molar-refractivity contribution in [2.75, 3.05) is 4.72 Å². The van der Waals surface area contributed by atoms with E-state index < -0.39 is 10.0 Å². The van der Waals surface area contributed by atoms with Crippen molar-refractivity contribution in [1.82, 2.24) is 0 Å². The van der Waals surface area contributed by atoms with Crippen LogP contribution in [0.15, 0.2) is 65.6 Å². The number of aryl methyl sites for hydroxylation is 1. The number of sulfonamides is 1. The van der Waals surface area contributed by atoms with Gasteiger partial charge in [0, 0.05) is 10.4 Å². The summed E-state index contributed by atoms with van der Waals surface area (Å²) in [4.78, 5) is 0.240. The summed E-state index contributed by atoms with van der Waals surface area (Å²) in [6, 6.07) is 17.5. The summed E-state index contributed by atoms with van der Waals surface area (Å²) < 4.78 is 27.6. The molecular formula is C17H14ClNO2S. The summed E-state index contributed by atoms with van der Waals surface area (Å²) in [6.45, 7) is 1.91. The van der Waals surface area contributed by atoms with E-state index in [1.54, 1.807) is 48.5 Å². The molecule has 0 spiro atoms. The molecule has 5 heteroatoms. The molecule has 0 unspecified atom stereocenters. The Morgan fingerprint density at radius 3 is 2.41 bits per heavy atom. The van der Waals surface area contributed by atoms with Crippen LogP contribution in [-0.2, 0) is 10.0 Å². The number of hydrogen-bond donors (Lipinski definition) is 1. The van der Waals surface area contributed by atoms with Crippen molar-refractivity contribution < 1.29 is 8.42 Å². The molecule has 0 aliphatic heterocycles. The third-order valence-electron chi connectivity index (χ3n) is 3.42. The molecular weight excluding hydrogens is 318 g/mol. The highest BCUT2D eigenvalue weighted by atomic mass is 35.5. The number of benzene rings is 3. The van der Waals surface area contributed by atoms with Crippen molar-refractivity contribution in [1.29, 1.82) is 0 Å². The maximum atomic E-state index is 12.5. The molecule has 0 aromatic heterocycles. The van der Waals surface area contributed by atoms with Crippen molar-refractivity contribution in [2.45, 2.75) is 11.8 Å². The van der Waals surface area contributed by atoms with E-state index in [4.69, 9.17) is 11.6 Å². The molecule has 3 aromatic rings. The average molecular weight is 332 g/mol. The molecule has 1 N–H and O–H groups in total. The fourth-order valence-electron chi connectivity index (χ4n) is 2.26. The van der Waals surface area contributed by atoms with E-state index in [-0.39, 0.29) is 4.90 Å². The van der Waals surface area contributed by atoms with Crippen molar-refractivity contribution in [3.05, 3.63) is 71.2 Å². The largest absolute Gasteiger partial charge is 0.279 e. The van der Waals surface area contributed by atoms with Gasteiger partial charge in [0.05, 0.1) is 10.6 Å². The lowest BCUT2D eigenvalue weighted by Crippen LogP contribution is -2.13. The van der Waals surface area contributed by atoms with Gasteiger partial charge in [0.1, 0.15) is 0 Å². The average Bonchev–Trinajstić information content (AvgIpc) is 2.47. The first-order valence-electron chi connectivity index (χ1n) is 6.73. The Kier molecular flexibility index (Phi) is 3.81. The quantitative estimate of drug-likeness (QED) is 0.762. The number of halogens is 1. The molecule has 0 saturated carbocycles. The lowest BCUT2D eigenvalue weighted by atomic mass is 10.1. The third kappa shape index (κ3) is 2.93. The van der Waals surface area contributed by atoms with Gasteiger partial charge in [0.15, 0.2) is 0 Å². The fraction of sp³-hybridized carbons (Fsp3) is 0.0588. The van der Waals surface area contributed by atoms with Crippen LogP contribution in [0.2, 0.25) is 5.02 Å². The third-order valence-corrected chi connectivity index (χ3v) is 5.03. The molecule has 0 aliphatic rings. The zero-order valence-electron chi connectivity index (χ0n) is 11.9. The van der Waals surface area contributed by atoms with Gasteiger partial charge >= 0.3 is 0 Å². The van der Waals surface area contributed by atoms with E-state index in [9.17, 15) is 8.42 Å². The highest BCUT2D eigenvalue weighted by Gasteiger charge is 2.15. The monoisotopic (exact) mass is 331 g/mol. The standard InChI is InChI=1S/C17H14ClNO2S/c1-12-5-8-15(9-6-12)22(20,21)19-17-4-2-3-13-11-14(18)7-10-16(13)17/h2-11,19H,1H3. The number of anilines is 1.